The molecule has 0 amide bonds. The maximum atomic E-state index is 6.10. The van der Waals surface area contributed by atoms with Crippen molar-refractivity contribution in [3.8, 4) is 0 Å². The van der Waals surface area contributed by atoms with Crippen LogP contribution in [0, 0.1) is 0 Å². The number of unbranched alkanes of at least 4 members (excludes halogenated alkanes) is 5. The lowest BCUT2D eigenvalue weighted by Gasteiger charge is -2.14. The minimum atomic E-state index is 0.421. The second-order valence-corrected chi connectivity index (χ2v) is 6.34. The van der Waals surface area contributed by atoms with Gasteiger partial charge in [-0.3, -0.25) is 0 Å². The lowest BCUT2D eigenvalue weighted by molar-refractivity contribution is 0.557. The average Bonchev–Trinajstić information content (AvgIpc) is 2.30. The summed E-state index contributed by atoms with van der Waals surface area (Å²) in [6.07, 6.45) is 10.7. The van der Waals surface area contributed by atoms with E-state index in [-0.39, 0.29) is 0 Å². The van der Waals surface area contributed by atoms with Crippen molar-refractivity contribution in [3.63, 3.8) is 0 Å². The molecule has 0 saturated carbocycles. The fourth-order valence-corrected chi connectivity index (χ4v) is 2.65. The largest absolute Gasteiger partial charge is 0.327 e. The normalized spacial score (nSPS) is 15.0. The van der Waals surface area contributed by atoms with Gasteiger partial charge in [0.2, 0.25) is 0 Å². The van der Waals surface area contributed by atoms with Crippen molar-refractivity contribution in [1.82, 2.24) is 0 Å². The van der Waals surface area contributed by atoms with Crippen LogP contribution in [0.1, 0.15) is 72.1 Å². The molecule has 2 N–H and O–H groups in total. The molecule has 0 fully saturated rings. The maximum absolute atomic E-state index is 6.10. The van der Waals surface area contributed by atoms with Crippen LogP contribution in [0.5, 0.6) is 0 Å². The van der Waals surface area contributed by atoms with Crippen LogP contribution in [0.3, 0.4) is 0 Å². The Balaban J connectivity index is 3.20. The smallest absolute Gasteiger partial charge is 0.0130 e. The summed E-state index contributed by atoms with van der Waals surface area (Å²) >= 11 is 2.03. The third-order valence-electron chi connectivity index (χ3n) is 3.10. The van der Waals surface area contributed by atoms with Crippen molar-refractivity contribution in [2.24, 2.45) is 5.73 Å². The van der Waals surface area contributed by atoms with E-state index in [9.17, 15) is 0 Å². The van der Waals surface area contributed by atoms with Gasteiger partial charge in [-0.1, -0.05) is 59.3 Å². The van der Waals surface area contributed by atoms with Crippen LogP contribution < -0.4 is 5.73 Å². The Morgan fingerprint density at radius 2 is 1.62 bits per heavy atom. The number of hydrogen-bond donors (Lipinski definition) is 1. The molecule has 0 aromatic rings. The first-order valence-electron chi connectivity index (χ1n) is 7.07. The molecule has 98 valence electrons. The van der Waals surface area contributed by atoms with Crippen LogP contribution in [0.25, 0.3) is 0 Å². The second-order valence-electron chi connectivity index (χ2n) is 4.87. The van der Waals surface area contributed by atoms with E-state index < -0.39 is 0 Å². The standard InChI is InChI=1S/C14H31NS/c1-4-6-7-8-9-10-11-14(15)12-16-13(3)5-2/h13-14H,4-12,15H2,1-3H3. The minimum Gasteiger partial charge on any atom is -0.327 e. The van der Waals surface area contributed by atoms with Gasteiger partial charge in [0.1, 0.15) is 0 Å². The van der Waals surface area contributed by atoms with Crippen LogP contribution >= 0.6 is 11.8 Å². The molecule has 0 spiro atoms. The van der Waals surface area contributed by atoms with E-state index in [1.165, 1.54) is 51.4 Å². The first kappa shape index (κ1) is 16.3. The summed E-state index contributed by atoms with van der Waals surface area (Å²) in [6, 6.07) is 0.421. The Morgan fingerprint density at radius 1 is 1.00 bits per heavy atom. The zero-order valence-corrected chi connectivity index (χ0v) is 12.3. The minimum absolute atomic E-state index is 0.421. The second kappa shape index (κ2) is 11.8. The van der Waals surface area contributed by atoms with Crippen molar-refractivity contribution in [2.45, 2.75) is 83.4 Å². The molecule has 0 saturated heterocycles. The molecule has 0 radical (unpaired) electrons. The summed E-state index contributed by atoms with van der Waals surface area (Å²) in [4.78, 5) is 0. The molecule has 0 bridgehead atoms. The molecule has 0 rings (SSSR count). The van der Waals surface area contributed by atoms with Gasteiger partial charge in [0.05, 0.1) is 0 Å². The van der Waals surface area contributed by atoms with Gasteiger partial charge >= 0.3 is 0 Å². The van der Waals surface area contributed by atoms with E-state index in [1.54, 1.807) is 0 Å². The van der Waals surface area contributed by atoms with Gasteiger partial charge in [-0.25, -0.2) is 0 Å². The molecule has 2 heteroatoms. The van der Waals surface area contributed by atoms with Crippen LogP contribution in [-0.2, 0) is 0 Å². The number of rotatable bonds is 11. The molecule has 0 aromatic heterocycles. The molecule has 0 aromatic carbocycles. The zero-order valence-electron chi connectivity index (χ0n) is 11.5. The summed E-state index contributed by atoms with van der Waals surface area (Å²) < 4.78 is 0. The highest BCUT2D eigenvalue weighted by atomic mass is 32.2. The highest BCUT2D eigenvalue weighted by Gasteiger charge is 2.05. The van der Waals surface area contributed by atoms with E-state index in [2.05, 4.69) is 20.8 Å². The molecular formula is C14H31NS. The van der Waals surface area contributed by atoms with E-state index in [0.717, 1.165) is 11.0 Å². The monoisotopic (exact) mass is 245 g/mol. The third-order valence-corrected chi connectivity index (χ3v) is 4.62. The Bertz CT molecular complexity index is 139. The molecule has 0 heterocycles. The molecule has 16 heavy (non-hydrogen) atoms. The Kier molecular flexibility index (Phi) is 12.0. The Labute approximate surface area is 107 Å². The van der Waals surface area contributed by atoms with E-state index >= 15 is 0 Å². The average molecular weight is 245 g/mol. The summed E-state index contributed by atoms with van der Waals surface area (Å²) in [5, 5.41) is 0.774. The molecular weight excluding hydrogens is 214 g/mol. The molecule has 0 aliphatic heterocycles. The molecule has 1 nitrogen and oxygen atoms in total. The lowest BCUT2D eigenvalue weighted by atomic mass is 10.1. The van der Waals surface area contributed by atoms with Crippen molar-refractivity contribution in [2.75, 3.05) is 5.75 Å². The quantitative estimate of drug-likeness (QED) is 0.539. The first-order valence-corrected chi connectivity index (χ1v) is 8.12. The fraction of sp³-hybridized carbons (Fsp3) is 1.00. The number of nitrogens with two attached hydrogens (primary N) is 1. The van der Waals surface area contributed by atoms with Crippen LogP contribution in [0.2, 0.25) is 0 Å². The van der Waals surface area contributed by atoms with Crippen molar-refractivity contribution < 1.29 is 0 Å². The van der Waals surface area contributed by atoms with E-state index in [0.29, 0.717) is 6.04 Å². The van der Waals surface area contributed by atoms with Gasteiger partial charge in [0, 0.05) is 17.0 Å². The molecule has 2 atom stereocenters. The summed E-state index contributed by atoms with van der Waals surface area (Å²) in [5.74, 6) is 1.14. The van der Waals surface area contributed by atoms with Gasteiger partial charge < -0.3 is 5.73 Å². The highest BCUT2D eigenvalue weighted by Crippen LogP contribution is 2.16. The van der Waals surface area contributed by atoms with Crippen LogP contribution in [0.15, 0.2) is 0 Å². The van der Waals surface area contributed by atoms with Crippen LogP contribution in [-0.4, -0.2) is 17.0 Å². The summed E-state index contributed by atoms with van der Waals surface area (Å²) in [7, 11) is 0. The fourth-order valence-electron chi connectivity index (χ4n) is 1.68. The highest BCUT2D eigenvalue weighted by molar-refractivity contribution is 7.99. The van der Waals surface area contributed by atoms with Crippen molar-refractivity contribution in [3.05, 3.63) is 0 Å². The lowest BCUT2D eigenvalue weighted by Crippen LogP contribution is -2.23. The molecule has 0 aliphatic carbocycles. The summed E-state index contributed by atoms with van der Waals surface area (Å²) in [6.45, 7) is 6.81. The van der Waals surface area contributed by atoms with Gasteiger partial charge in [0.15, 0.2) is 0 Å². The van der Waals surface area contributed by atoms with Crippen molar-refractivity contribution >= 4 is 11.8 Å². The maximum Gasteiger partial charge on any atom is 0.0130 e. The van der Waals surface area contributed by atoms with E-state index in [4.69, 9.17) is 5.73 Å². The van der Waals surface area contributed by atoms with Gasteiger partial charge in [-0.2, -0.15) is 11.8 Å². The predicted octanol–water partition coefficient (Wildman–Crippen LogP) is 4.60. The topological polar surface area (TPSA) is 26.0 Å². The van der Waals surface area contributed by atoms with Crippen molar-refractivity contribution in [1.29, 1.82) is 0 Å². The Hall–Kier alpha value is 0.310. The predicted molar refractivity (Wildman–Crippen MR) is 78.2 cm³/mol. The van der Waals surface area contributed by atoms with E-state index in [1.807, 2.05) is 11.8 Å². The number of hydrogen-bond acceptors (Lipinski definition) is 2. The van der Waals surface area contributed by atoms with Crippen LogP contribution in [0.4, 0.5) is 0 Å². The first-order chi connectivity index (χ1) is 7.70. The Morgan fingerprint density at radius 3 is 2.25 bits per heavy atom. The molecule has 0 aliphatic rings. The third kappa shape index (κ3) is 10.8. The molecule has 2 unspecified atom stereocenters. The summed E-state index contributed by atoms with van der Waals surface area (Å²) in [5.41, 5.74) is 6.10. The van der Waals surface area contributed by atoms with Gasteiger partial charge in [0.25, 0.3) is 0 Å². The zero-order chi connectivity index (χ0) is 12.2. The SMILES string of the molecule is CCCCCCCCC(N)CSC(C)CC. The number of thioether (sulfide) groups is 1. The van der Waals surface area contributed by atoms with Gasteiger partial charge in [-0.05, 0) is 12.8 Å². The van der Waals surface area contributed by atoms with Gasteiger partial charge in [-0.15, -0.1) is 0 Å².